The maximum atomic E-state index is 13.0. The van der Waals surface area contributed by atoms with E-state index < -0.39 is 10.0 Å². The number of hydrogen-bond acceptors (Lipinski definition) is 3. The zero-order chi connectivity index (χ0) is 14.8. The third kappa shape index (κ3) is 3.23. The molecule has 0 bridgehead atoms. The largest absolute Gasteiger partial charge is 0.281 e. The summed E-state index contributed by atoms with van der Waals surface area (Å²) in [6.07, 6.45) is 1.78. The Morgan fingerprint density at radius 2 is 2.10 bits per heavy atom. The molecule has 0 aliphatic heterocycles. The van der Waals surface area contributed by atoms with Gasteiger partial charge in [-0.1, -0.05) is 6.07 Å². The third-order valence-corrected chi connectivity index (χ3v) is 4.64. The minimum atomic E-state index is -3.56. The summed E-state index contributed by atoms with van der Waals surface area (Å²) in [4.78, 5) is 0.147. The molecule has 0 saturated carbocycles. The number of sulfonamides is 1. The van der Waals surface area contributed by atoms with E-state index in [4.69, 9.17) is 0 Å². The number of H-pyrrole nitrogens is 1. The molecule has 1 aromatic heterocycles. The highest BCUT2D eigenvalue weighted by molar-refractivity contribution is 7.89. The normalized spacial score (nSPS) is 11.8. The van der Waals surface area contributed by atoms with Crippen LogP contribution in [0.25, 0.3) is 0 Å². The van der Waals surface area contributed by atoms with Crippen molar-refractivity contribution in [2.75, 3.05) is 6.54 Å². The Hall–Kier alpha value is -1.73. The van der Waals surface area contributed by atoms with E-state index in [1.807, 2.05) is 0 Å². The summed E-state index contributed by atoms with van der Waals surface area (Å²) in [5, 5.41) is 6.28. The molecule has 5 nitrogen and oxygen atoms in total. The summed E-state index contributed by atoms with van der Waals surface area (Å²) >= 11 is 0. The number of benzene rings is 1. The van der Waals surface area contributed by atoms with Crippen LogP contribution < -0.4 is 4.72 Å². The van der Waals surface area contributed by atoms with Gasteiger partial charge in [-0.25, -0.2) is 17.5 Å². The molecule has 1 heterocycles. The fraction of sp³-hybridized carbons (Fsp3) is 0.308. The number of hydrogen-bond donors (Lipinski definition) is 2. The minimum absolute atomic E-state index is 0.147. The van der Waals surface area contributed by atoms with Crippen molar-refractivity contribution in [3.63, 3.8) is 0 Å². The Morgan fingerprint density at radius 1 is 1.35 bits per heavy atom. The Labute approximate surface area is 117 Å². The molecular weight excluding hydrogens is 281 g/mol. The first-order valence-electron chi connectivity index (χ1n) is 6.15. The van der Waals surface area contributed by atoms with Crippen molar-refractivity contribution in [3.05, 3.63) is 47.0 Å². The fourth-order valence-corrected chi connectivity index (χ4v) is 3.11. The van der Waals surface area contributed by atoms with Crippen LogP contribution >= 0.6 is 0 Å². The van der Waals surface area contributed by atoms with Crippen LogP contribution in [0.2, 0.25) is 0 Å². The van der Waals surface area contributed by atoms with E-state index in [0.29, 0.717) is 12.1 Å². The van der Waals surface area contributed by atoms with Crippen molar-refractivity contribution in [2.45, 2.75) is 25.2 Å². The van der Waals surface area contributed by atoms with Crippen LogP contribution in [-0.2, 0) is 16.4 Å². The van der Waals surface area contributed by atoms with Crippen molar-refractivity contribution >= 4 is 10.0 Å². The lowest BCUT2D eigenvalue weighted by Gasteiger charge is -2.08. The van der Waals surface area contributed by atoms with Crippen molar-refractivity contribution < 1.29 is 12.8 Å². The van der Waals surface area contributed by atoms with Gasteiger partial charge in [0.25, 0.3) is 0 Å². The van der Waals surface area contributed by atoms with Crippen molar-refractivity contribution in [1.82, 2.24) is 14.9 Å². The number of halogens is 1. The minimum Gasteiger partial charge on any atom is -0.281 e. The van der Waals surface area contributed by atoms with Gasteiger partial charge < -0.3 is 0 Å². The zero-order valence-corrected chi connectivity index (χ0v) is 12.1. The Balaban J connectivity index is 2.01. The van der Waals surface area contributed by atoms with Gasteiger partial charge in [-0.2, -0.15) is 5.10 Å². The van der Waals surface area contributed by atoms with E-state index in [1.54, 1.807) is 19.9 Å². The molecular formula is C13H16FN3O2S. The van der Waals surface area contributed by atoms with E-state index in [9.17, 15) is 12.8 Å². The average Bonchev–Trinajstić information content (AvgIpc) is 2.79. The fourth-order valence-electron chi connectivity index (χ4n) is 1.95. The first-order chi connectivity index (χ1) is 9.40. The Morgan fingerprint density at radius 3 is 2.70 bits per heavy atom. The predicted molar refractivity (Wildman–Crippen MR) is 73.4 cm³/mol. The highest BCUT2D eigenvalue weighted by Gasteiger charge is 2.17. The molecule has 0 unspecified atom stereocenters. The van der Waals surface area contributed by atoms with Crippen molar-refractivity contribution in [1.29, 1.82) is 0 Å². The second-order valence-corrected chi connectivity index (χ2v) is 6.31. The van der Waals surface area contributed by atoms with Gasteiger partial charge in [0, 0.05) is 6.54 Å². The predicted octanol–water partition coefficient (Wildman–Crippen LogP) is 1.69. The van der Waals surface area contributed by atoms with Crippen molar-refractivity contribution in [3.8, 4) is 0 Å². The van der Waals surface area contributed by atoms with E-state index in [1.165, 1.54) is 18.3 Å². The summed E-state index contributed by atoms with van der Waals surface area (Å²) in [5.41, 5.74) is 2.22. The van der Waals surface area contributed by atoms with E-state index in [0.717, 1.165) is 11.1 Å². The molecule has 20 heavy (non-hydrogen) atoms. The molecule has 0 saturated heterocycles. The summed E-state index contributed by atoms with van der Waals surface area (Å²) in [5.74, 6) is -0.291. The number of nitrogens with one attached hydrogen (secondary N) is 2. The van der Waals surface area contributed by atoms with Gasteiger partial charge in [0.1, 0.15) is 10.7 Å². The molecule has 0 aliphatic carbocycles. The maximum absolute atomic E-state index is 13.0. The summed E-state index contributed by atoms with van der Waals surface area (Å²) in [6, 6.07) is 4.48. The van der Waals surface area contributed by atoms with Crippen LogP contribution in [0.3, 0.4) is 0 Å². The monoisotopic (exact) mass is 297 g/mol. The smallest absolute Gasteiger partial charge is 0.243 e. The van der Waals surface area contributed by atoms with Gasteiger partial charge in [0.05, 0.1) is 11.9 Å². The molecule has 2 rings (SSSR count). The number of aromatic nitrogens is 2. The molecule has 2 N–H and O–H groups in total. The number of aryl methyl sites for hydroxylation is 2. The second-order valence-electron chi connectivity index (χ2n) is 4.58. The van der Waals surface area contributed by atoms with E-state index >= 15 is 0 Å². The van der Waals surface area contributed by atoms with Crippen LogP contribution in [0, 0.1) is 19.7 Å². The lowest BCUT2D eigenvalue weighted by Crippen LogP contribution is -2.26. The molecule has 108 valence electrons. The summed E-state index contributed by atoms with van der Waals surface area (Å²) < 4.78 is 39.5. The molecule has 1 aromatic carbocycles. The Bertz CT molecular complexity index is 710. The van der Waals surface area contributed by atoms with Crippen LogP contribution in [0.1, 0.15) is 16.8 Å². The second kappa shape index (κ2) is 5.72. The van der Waals surface area contributed by atoms with E-state index in [2.05, 4.69) is 14.9 Å². The first kappa shape index (κ1) is 14.7. The molecule has 2 aromatic rings. The van der Waals surface area contributed by atoms with Gasteiger partial charge in [-0.15, -0.1) is 0 Å². The third-order valence-electron chi connectivity index (χ3n) is 3.06. The van der Waals surface area contributed by atoms with Crippen LogP contribution in [0.5, 0.6) is 0 Å². The van der Waals surface area contributed by atoms with Gasteiger partial charge in [-0.3, -0.25) is 5.10 Å². The van der Waals surface area contributed by atoms with Crippen LogP contribution in [0.15, 0.2) is 29.3 Å². The molecule has 0 radical (unpaired) electrons. The average molecular weight is 297 g/mol. The van der Waals surface area contributed by atoms with Gasteiger partial charge in [0.2, 0.25) is 10.0 Å². The van der Waals surface area contributed by atoms with Crippen molar-refractivity contribution in [2.24, 2.45) is 0 Å². The standard InChI is InChI=1S/C13H16FN3O2S/c1-9-7-12(14)4-3-11(9)5-6-16-20(18,19)13-8-15-17-10(13)2/h3-4,7-8,16H,5-6H2,1-2H3,(H,15,17). The zero-order valence-electron chi connectivity index (χ0n) is 11.3. The topological polar surface area (TPSA) is 74.8 Å². The lowest BCUT2D eigenvalue weighted by atomic mass is 10.1. The van der Waals surface area contributed by atoms with Gasteiger partial charge in [0.15, 0.2) is 0 Å². The molecule has 0 atom stereocenters. The molecule has 0 amide bonds. The summed E-state index contributed by atoms with van der Waals surface area (Å²) in [6.45, 7) is 3.69. The highest BCUT2D eigenvalue weighted by atomic mass is 32.2. The van der Waals surface area contributed by atoms with Crippen LogP contribution in [-0.4, -0.2) is 25.2 Å². The number of rotatable bonds is 5. The maximum Gasteiger partial charge on any atom is 0.243 e. The highest BCUT2D eigenvalue weighted by Crippen LogP contribution is 2.12. The van der Waals surface area contributed by atoms with Crippen LogP contribution in [0.4, 0.5) is 4.39 Å². The quantitative estimate of drug-likeness (QED) is 0.882. The number of nitrogens with zero attached hydrogens (tertiary/aromatic N) is 1. The first-order valence-corrected chi connectivity index (χ1v) is 7.63. The Kier molecular flexibility index (Phi) is 4.20. The lowest BCUT2D eigenvalue weighted by molar-refractivity contribution is 0.580. The SMILES string of the molecule is Cc1cc(F)ccc1CCNS(=O)(=O)c1cn[nH]c1C. The summed E-state index contributed by atoms with van der Waals surface area (Å²) in [7, 11) is -3.56. The molecule has 0 spiro atoms. The molecule has 0 aliphatic rings. The molecule has 0 fully saturated rings. The molecule has 7 heteroatoms. The number of aromatic amines is 1. The van der Waals surface area contributed by atoms with Gasteiger partial charge in [-0.05, 0) is 43.5 Å². The van der Waals surface area contributed by atoms with E-state index in [-0.39, 0.29) is 17.3 Å². The van der Waals surface area contributed by atoms with Gasteiger partial charge >= 0.3 is 0 Å².